The third-order valence-corrected chi connectivity index (χ3v) is 11.1. The van der Waals surface area contributed by atoms with E-state index in [0.29, 0.717) is 16.9 Å². The summed E-state index contributed by atoms with van der Waals surface area (Å²) in [5, 5.41) is 49.1. The normalized spacial score (nSPS) is 11.1. The van der Waals surface area contributed by atoms with Crippen molar-refractivity contribution < 1.29 is 98.3 Å². The van der Waals surface area contributed by atoms with Gasteiger partial charge in [-0.05, 0) is 74.1 Å². The van der Waals surface area contributed by atoms with Crippen LogP contribution in [-0.4, -0.2) is 144 Å². The van der Waals surface area contributed by atoms with Crippen molar-refractivity contribution in [3.63, 3.8) is 0 Å². The van der Waals surface area contributed by atoms with Gasteiger partial charge in [0.2, 0.25) is 5.91 Å². The molecular weight excluding hydrogens is 995 g/mol. The van der Waals surface area contributed by atoms with Crippen molar-refractivity contribution in [2.45, 2.75) is 79.1 Å². The van der Waals surface area contributed by atoms with E-state index >= 15 is 0 Å². The number of aromatic nitrogens is 2. The molecule has 362 valence electrons. The number of aliphatic carboxylic acids is 4. The maximum Gasteiger partial charge on any atom is 3.00 e. The van der Waals surface area contributed by atoms with Crippen molar-refractivity contribution in [3.8, 4) is 11.8 Å². The van der Waals surface area contributed by atoms with Gasteiger partial charge in [0, 0.05) is 80.6 Å². The van der Waals surface area contributed by atoms with Crippen LogP contribution in [0.4, 0.5) is 5.69 Å². The molecule has 16 nitrogen and oxygen atoms in total. The molecule has 0 fully saturated rings. The van der Waals surface area contributed by atoms with Gasteiger partial charge in [-0.25, -0.2) is 4.98 Å². The molecule has 2 aromatic carbocycles. The standard InChI is InChI=1S/C34H34N6O9.C16H36N.Eu/c41-28(18-39(20-30(44)45)16-14-38(19-29(42)43)15-17-40(21-31(46)47)22-32(48)49)36-26-9-3-23(4-10-26)5-11-27-12-8-25-7-6-24-2-1-13-35-33(24)34(25)37-27;1-5-9-13-17(14-10-6-2,15-11-7-3)16-12-8-4;/h1-4,6-10,12-13H,14-22H2,(H,36,41)(H,42,43)(H,44,45)(H,46,47)(H,48,49);5-16H2,1-4H3;/q;+1;+3/p-4. The third-order valence-electron chi connectivity index (χ3n) is 11.1. The molecule has 0 atom stereocenters. The minimum absolute atomic E-state index is 0. The van der Waals surface area contributed by atoms with Crippen LogP contribution in [0.25, 0.3) is 21.8 Å². The Balaban J connectivity index is 0.000000727. The van der Waals surface area contributed by atoms with E-state index < -0.39 is 56.0 Å². The smallest absolute Gasteiger partial charge is 0.549 e. The number of nitrogens with zero attached hydrogens (tertiary/aromatic N) is 6. The summed E-state index contributed by atoms with van der Waals surface area (Å²) in [6, 6.07) is 18.2. The first-order chi connectivity index (χ1) is 31.7. The number of unbranched alkanes of at least 4 members (excludes halogenated alkanes) is 4. The predicted octanol–water partition coefficient (Wildman–Crippen LogP) is 1.03. The van der Waals surface area contributed by atoms with Gasteiger partial charge in [-0.2, -0.15) is 0 Å². The first-order valence-electron chi connectivity index (χ1n) is 23.1. The molecule has 0 aliphatic carbocycles. The van der Waals surface area contributed by atoms with Crippen LogP contribution in [-0.2, 0) is 24.0 Å². The number of carbonyl (C=O) groups is 5. The Morgan fingerprint density at radius 2 is 0.985 bits per heavy atom. The van der Waals surface area contributed by atoms with E-state index in [1.807, 2.05) is 36.4 Å². The molecular formula is C50H66EuN7O9. The number of amides is 1. The molecule has 0 saturated heterocycles. The van der Waals surface area contributed by atoms with Crippen molar-refractivity contribution >= 4 is 57.3 Å². The molecule has 1 N–H and O–H groups in total. The number of hydrogen-bond acceptors (Lipinski definition) is 14. The van der Waals surface area contributed by atoms with E-state index in [4.69, 9.17) is 0 Å². The number of benzene rings is 2. The molecule has 0 bridgehead atoms. The van der Waals surface area contributed by atoms with E-state index in [1.54, 1.807) is 30.5 Å². The van der Waals surface area contributed by atoms with Crippen molar-refractivity contribution in [2.75, 3.05) is 90.4 Å². The summed E-state index contributed by atoms with van der Waals surface area (Å²) in [6.07, 6.45) is 12.8. The van der Waals surface area contributed by atoms with E-state index in [2.05, 4.69) is 54.8 Å². The van der Waals surface area contributed by atoms with Gasteiger partial charge in [0.25, 0.3) is 0 Å². The van der Waals surface area contributed by atoms with E-state index in [9.17, 15) is 44.4 Å². The van der Waals surface area contributed by atoms with Crippen LogP contribution in [0.5, 0.6) is 0 Å². The first-order valence-corrected chi connectivity index (χ1v) is 23.1. The third kappa shape index (κ3) is 23.0. The minimum Gasteiger partial charge on any atom is -0.549 e. The molecule has 0 spiro atoms. The Hall–Kier alpha value is -4.41. The summed E-state index contributed by atoms with van der Waals surface area (Å²) in [5.74, 6) is -0.486. The molecule has 4 aromatic rings. The molecule has 4 rings (SSSR count). The average Bonchev–Trinajstić information content (AvgIpc) is 3.28. The largest absolute Gasteiger partial charge is 3.00 e. The van der Waals surface area contributed by atoms with Gasteiger partial charge in [-0.15, -0.1) is 0 Å². The topological polar surface area (TPSA) is 225 Å². The number of hydrogen-bond donors (Lipinski definition) is 1. The van der Waals surface area contributed by atoms with E-state index in [1.165, 1.54) is 91.8 Å². The molecule has 0 aliphatic rings. The zero-order valence-corrected chi connectivity index (χ0v) is 41.9. The summed E-state index contributed by atoms with van der Waals surface area (Å²) in [5.41, 5.74) is 3.16. The second-order valence-corrected chi connectivity index (χ2v) is 16.6. The van der Waals surface area contributed by atoms with Crippen LogP contribution >= 0.6 is 0 Å². The number of anilines is 1. The zero-order valence-electron chi connectivity index (χ0n) is 39.4. The van der Waals surface area contributed by atoms with Crippen molar-refractivity contribution in [3.05, 3.63) is 78.1 Å². The maximum absolute atomic E-state index is 12.8. The Kier molecular flexibility index (Phi) is 28.4. The molecule has 1 amide bonds. The second-order valence-electron chi connectivity index (χ2n) is 16.6. The summed E-state index contributed by atoms with van der Waals surface area (Å²) in [4.78, 5) is 69.9. The molecule has 2 heterocycles. The van der Waals surface area contributed by atoms with Crippen LogP contribution in [0.1, 0.15) is 90.3 Å². The number of carbonyl (C=O) groups excluding carboxylic acids is 5. The molecule has 0 radical (unpaired) electrons. The fourth-order valence-electron chi connectivity index (χ4n) is 7.61. The molecule has 67 heavy (non-hydrogen) atoms. The number of carboxylic acids is 4. The number of fused-ring (bicyclic) bond motifs is 3. The van der Waals surface area contributed by atoms with Crippen molar-refractivity contribution in [2.24, 2.45) is 0 Å². The van der Waals surface area contributed by atoms with Gasteiger partial charge in [0.1, 0.15) is 5.69 Å². The fourth-order valence-corrected chi connectivity index (χ4v) is 7.61. The number of pyridine rings is 2. The Labute approximate surface area is 436 Å². The van der Waals surface area contributed by atoms with Gasteiger partial charge in [0.15, 0.2) is 0 Å². The Morgan fingerprint density at radius 1 is 0.552 bits per heavy atom. The molecule has 17 heteroatoms. The summed E-state index contributed by atoms with van der Waals surface area (Å²) >= 11 is 0. The van der Waals surface area contributed by atoms with Gasteiger partial charge >= 0.3 is 49.4 Å². The number of nitrogens with one attached hydrogen (secondary N) is 1. The summed E-state index contributed by atoms with van der Waals surface area (Å²) in [7, 11) is 0. The number of rotatable bonds is 29. The molecule has 0 saturated carbocycles. The predicted molar refractivity (Wildman–Crippen MR) is 247 cm³/mol. The number of quaternary nitrogens is 1. The average molecular weight is 1060 g/mol. The van der Waals surface area contributed by atoms with E-state index in [0.717, 1.165) is 26.7 Å². The quantitative estimate of drug-likeness (QED) is 0.0456. The van der Waals surface area contributed by atoms with Gasteiger partial charge in [-0.1, -0.05) is 77.5 Å². The van der Waals surface area contributed by atoms with Gasteiger partial charge in [-0.3, -0.25) is 24.5 Å². The van der Waals surface area contributed by atoms with Gasteiger partial charge in [0.05, 0.1) is 67.6 Å². The maximum atomic E-state index is 12.8. The fraction of sp³-hybridized carbons (Fsp3) is 0.500. The van der Waals surface area contributed by atoms with Crippen molar-refractivity contribution in [1.82, 2.24) is 24.7 Å². The summed E-state index contributed by atoms with van der Waals surface area (Å²) in [6.45, 7) is 11.5. The first kappa shape index (κ1) is 58.7. The number of carboxylic acid groups (broad SMARTS) is 4. The minimum atomic E-state index is -1.54. The second kappa shape index (κ2) is 32.4. The Morgan fingerprint density at radius 3 is 1.46 bits per heavy atom. The summed E-state index contributed by atoms with van der Waals surface area (Å²) < 4.78 is 1.42. The van der Waals surface area contributed by atoms with Crippen LogP contribution in [0.3, 0.4) is 0 Å². The zero-order chi connectivity index (χ0) is 48.3. The van der Waals surface area contributed by atoms with Gasteiger partial charge < -0.3 is 49.4 Å². The van der Waals surface area contributed by atoms with Crippen LogP contribution in [0.15, 0.2) is 66.9 Å². The SMILES string of the molecule is CCCC[N+](CCCC)(CCCC)CCCC.O=C([O-])CN(CCN(CC(=O)[O-])CC(=O)[O-])CCN(CC(=O)[O-])CC(=O)Nc1ccc(C#Cc2ccc3ccc4cccnc4c3n2)cc1.[Eu+3]. The van der Waals surface area contributed by atoms with Crippen molar-refractivity contribution in [1.29, 1.82) is 0 Å². The van der Waals surface area contributed by atoms with E-state index in [-0.39, 0.29) is 82.1 Å². The molecule has 0 aliphatic heterocycles. The van der Waals surface area contributed by atoms with Crippen LogP contribution < -0.4 is 25.7 Å². The van der Waals surface area contributed by atoms with Crippen LogP contribution in [0.2, 0.25) is 0 Å². The monoisotopic (exact) mass is 1060 g/mol. The Bertz CT molecular complexity index is 2180. The van der Waals surface area contributed by atoms with Crippen LogP contribution in [0, 0.1) is 61.2 Å². The molecule has 2 aromatic heterocycles. The molecule has 0 unspecified atom stereocenters.